The highest BCUT2D eigenvalue weighted by atomic mass is 16.5. The van der Waals surface area contributed by atoms with Crippen molar-refractivity contribution in [3.05, 3.63) is 48.0 Å². The third-order valence-corrected chi connectivity index (χ3v) is 6.93. The van der Waals surface area contributed by atoms with E-state index in [1.165, 1.54) is 0 Å². The van der Waals surface area contributed by atoms with Gasteiger partial charge in [-0.15, -0.1) is 0 Å². The van der Waals surface area contributed by atoms with Crippen LogP contribution in [0.15, 0.2) is 47.5 Å². The minimum absolute atomic E-state index is 0.215. The highest BCUT2D eigenvalue weighted by molar-refractivity contribution is 5.99. The molecule has 1 aromatic heterocycles. The van der Waals surface area contributed by atoms with E-state index in [1.807, 2.05) is 30.3 Å². The molecule has 1 fully saturated rings. The van der Waals surface area contributed by atoms with Gasteiger partial charge in [-0.1, -0.05) is 12.1 Å². The molecule has 0 amide bonds. The van der Waals surface area contributed by atoms with Crippen molar-refractivity contribution in [2.24, 2.45) is 4.99 Å². The number of para-hydroxylation sites is 2. The number of methoxy groups -OCH3 is 2. The van der Waals surface area contributed by atoms with Gasteiger partial charge in [-0.05, 0) is 24.3 Å². The minimum Gasteiger partial charge on any atom is -0.497 e. The largest absolute Gasteiger partial charge is 0.497 e. The Labute approximate surface area is 204 Å². The number of aliphatic imine (C=N–C) groups is 1. The zero-order chi connectivity index (χ0) is 23.8. The molecule has 1 saturated heterocycles. The second-order valence-electron chi connectivity index (χ2n) is 8.97. The molecule has 6 rings (SSSR count). The van der Waals surface area contributed by atoms with Crippen molar-refractivity contribution in [3.63, 3.8) is 0 Å². The SMILES string of the molecule is COc1ccc([C@H]2NC3=NCN(CCN4CCOCC4)CN3c3nc4ccccc4n32)c(OC)c1. The molecule has 10 nitrogen and oxygen atoms in total. The number of ether oxygens (including phenoxy) is 3. The van der Waals surface area contributed by atoms with Crippen LogP contribution in [0.4, 0.5) is 5.95 Å². The first-order valence-corrected chi connectivity index (χ1v) is 12.0. The van der Waals surface area contributed by atoms with Crippen LogP contribution in [-0.2, 0) is 4.74 Å². The summed E-state index contributed by atoms with van der Waals surface area (Å²) < 4.78 is 18.9. The van der Waals surface area contributed by atoms with Crippen LogP contribution >= 0.6 is 0 Å². The van der Waals surface area contributed by atoms with Crippen molar-refractivity contribution in [1.29, 1.82) is 0 Å². The molecule has 0 bridgehead atoms. The quantitative estimate of drug-likeness (QED) is 0.577. The van der Waals surface area contributed by atoms with Crippen LogP contribution in [-0.4, -0.2) is 92.3 Å². The van der Waals surface area contributed by atoms with Crippen LogP contribution in [0.1, 0.15) is 11.7 Å². The van der Waals surface area contributed by atoms with Gasteiger partial charge in [0.15, 0.2) is 0 Å². The second-order valence-corrected chi connectivity index (χ2v) is 8.97. The Kier molecular flexibility index (Phi) is 5.93. The molecule has 0 spiro atoms. The third kappa shape index (κ3) is 4.07. The van der Waals surface area contributed by atoms with Gasteiger partial charge in [-0.2, -0.15) is 0 Å². The zero-order valence-corrected chi connectivity index (χ0v) is 20.2. The summed E-state index contributed by atoms with van der Waals surface area (Å²) in [5.41, 5.74) is 3.01. The number of guanidine groups is 1. The van der Waals surface area contributed by atoms with Crippen LogP contribution in [0, 0.1) is 0 Å². The maximum absolute atomic E-state index is 5.76. The van der Waals surface area contributed by atoms with E-state index < -0.39 is 0 Å². The Morgan fingerprint density at radius 3 is 2.69 bits per heavy atom. The van der Waals surface area contributed by atoms with Gasteiger partial charge >= 0.3 is 0 Å². The number of fused-ring (bicyclic) bond motifs is 5. The van der Waals surface area contributed by atoms with E-state index in [4.69, 9.17) is 24.2 Å². The summed E-state index contributed by atoms with van der Waals surface area (Å²) in [5, 5.41) is 3.67. The van der Waals surface area contributed by atoms with Crippen LogP contribution in [0.5, 0.6) is 11.5 Å². The fourth-order valence-electron chi connectivity index (χ4n) is 5.02. The van der Waals surface area contributed by atoms with Crippen molar-refractivity contribution in [2.45, 2.75) is 6.17 Å². The van der Waals surface area contributed by atoms with E-state index in [0.717, 1.165) is 86.1 Å². The molecule has 35 heavy (non-hydrogen) atoms. The van der Waals surface area contributed by atoms with Crippen LogP contribution in [0.25, 0.3) is 11.0 Å². The number of anilines is 1. The van der Waals surface area contributed by atoms with E-state index in [2.05, 4.69) is 36.7 Å². The summed E-state index contributed by atoms with van der Waals surface area (Å²) in [6.45, 7) is 6.96. The normalized spacial score (nSPS) is 20.7. The standard InChI is InChI=1S/C25H31N7O3/c1-33-18-7-8-19(22(15-18)34-2)23-28-24-26-16-30(10-9-29-11-13-35-14-12-29)17-31(24)25-27-20-5-3-4-6-21(20)32(23)25/h3-8,15,23H,9-14,16-17H2,1-2H3,(H,26,28)/t23-/m0/s1. The van der Waals surface area contributed by atoms with Gasteiger partial charge in [-0.25, -0.2) is 9.98 Å². The number of rotatable bonds is 6. The number of hydrogen-bond donors (Lipinski definition) is 1. The number of benzene rings is 2. The predicted octanol–water partition coefficient (Wildman–Crippen LogP) is 1.93. The monoisotopic (exact) mass is 477 g/mol. The molecule has 0 radical (unpaired) electrons. The minimum atomic E-state index is -0.215. The van der Waals surface area contributed by atoms with Gasteiger partial charge in [0, 0.05) is 37.8 Å². The molecule has 4 heterocycles. The summed E-state index contributed by atoms with van der Waals surface area (Å²) in [5.74, 6) is 3.22. The lowest BCUT2D eigenvalue weighted by molar-refractivity contribution is 0.0334. The summed E-state index contributed by atoms with van der Waals surface area (Å²) >= 11 is 0. The molecule has 1 atom stereocenters. The molecular formula is C25H31N7O3. The molecule has 0 saturated carbocycles. The number of morpholine rings is 1. The van der Waals surface area contributed by atoms with E-state index in [1.54, 1.807) is 14.2 Å². The Balaban J connectivity index is 1.35. The zero-order valence-electron chi connectivity index (χ0n) is 20.2. The smallest absolute Gasteiger partial charge is 0.216 e. The highest BCUT2D eigenvalue weighted by Crippen LogP contribution is 2.38. The predicted molar refractivity (Wildman–Crippen MR) is 134 cm³/mol. The molecule has 3 aliphatic heterocycles. The number of imidazole rings is 1. The van der Waals surface area contributed by atoms with Gasteiger partial charge < -0.3 is 19.5 Å². The lowest BCUT2D eigenvalue weighted by Crippen LogP contribution is -2.58. The first-order chi connectivity index (χ1) is 17.2. The summed E-state index contributed by atoms with van der Waals surface area (Å²) in [7, 11) is 3.35. The van der Waals surface area contributed by atoms with Crippen molar-refractivity contribution in [3.8, 4) is 11.5 Å². The van der Waals surface area contributed by atoms with Gasteiger partial charge in [0.05, 0.1) is 51.8 Å². The third-order valence-electron chi connectivity index (χ3n) is 6.93. The van der Waals surface area contributed by atoms with Gasteiger partial charge in [-0.3, -0.25) is 19.3 Å². The molecule has 0 unspecified atom stereocenters. The van der Waals surface area contributed by atoms with E-state index in [-0.39, 0.29) is 6.17 Å². The van der Waals surface area contributed by atoms with E-state index in [9.17, 15) is 0 Å². The maximum Gasteiger partial charge on any atom is 0.216 e. The van der Waals surface area contributed by atoms with Crippen LogP contribution in [0.3, 0.4) is 0 Å². The molecule has 0 aliphatic carbocycles. The van der Waals surface area contributed by atoms with Crippen LogP contribution < -0.4 is 19.7 Å². The molecule has 3 aromatic rings. The number of aromatic nitrogens is 2. The average Bonchev–Trinajstić information content (AvgIpc) is 3.32. The Hall–Kier alpha value is -3.34. The molecule has 3 aliphatic rings. The first-order valence-electron chi connectivity index (χ1n) is 12.0. The Morgan fingerprint density at radius 1 is 1.03 bits per heavy atom. The molecular weight excluding hydrogens is 446 g/mol. The van der Waals surface area contributed by atoms with E-state index in [0.29, 0.717) is 6.67 Å². The molecule has 184 valence electrons. The van der Waals surface area contributed by atoms with Crippen molar-refractivity contribution >= 4 is 22.9 Å². The lowest BCUT2D eigenvalue weighted by atomic mass is 10.1. The van der Waals surface area contributed by atoms with Gasteiger partial charge in [0.1, 0.15) is 17.7 Å². The summed E-state index contributed by atoms with van der Waals surface area (Å²) in [6.07, 6.45) is -0.215. The number of nitrogens with one attached hydrogen (secondary N) is 1. The fraction of sp³-hybridized carbons (Fsp3) is 0.440. The summed E-state index contributed by atoms with van der Waals surface area (Å²) in [4.78, 5) is 17.0. The summed E-state index contributed by atoms with van der Waals surface area (Å²) in [6, 6.07) is 14.2. The van der Waals surface area contributed by atoms with Gasteiger partial charge in [0.25, 0.3) is 0 Å². The van der Waals surface area contributed by atoms with Crippen LogP contribution in [0.2, 0.25) is 0 Å². The fourth-order valence-corrected chi connectivity index (χ4v) is 5.02. The number of hydrogen-bond acceptors (Lipinski definition) is 9. The molecule has 1 N–H and O–H groups in total. The molecule has 10 heteroatoms. The van der Waals surface area contributed by atoms with Crippen molar-refractivity contribution in [1.82, 2.24) is 24.7 Å². The van der Waals surface area contributed by atoms with Crippen molar-refractivity contribution < 1.29 is 14.2 Å². The Bertz CT molecular complexity index is 1240. The van der Waals surface area contributed by atoms with Crippen molar-refractivity contribution in [2.75, 3.05) is 71.8 Å². The number of nitrogens with zero attached hydrogens (tertiary/aromatic N) is 6. The van der Waals surface area contributed by atoms with Gasteiger partial charge in [0.2, 0.25) is 11.9 Å². The first kappa shape index (κ1) is 22.1. The topological polar surface area (TPSA) is 79.6 Å². The molecule has 2 aromatic carbocycles. The second kappa shape index (κ2) is 9.37. The van der Waals surface area contributed by atoms with E-state index >= 15 is 0 Å². The lowest BCUT2D eigenvalue weighted by Gasteiger charge is -2.42. The maximum atomic E-state index is 5.76. The Morgan fingerprint density at radius 2 is 1.86 bits per heavy atom. The average molecular weight is 478 g/mol. The highest BCUT2D eigenvalue weighted by Gasteiger charge is 2.37.